The van der Waals surface area contributed by atoms with Crippen molar-refractivity contribution in [2.24, 2.45) is 7.05 Å². The van der Waals surface area contributed by atoms with Crippen LogP contribution in [0.25, 0.3) is 10.8 Å². The van der Waals surface area contributed by atoms with E-state index in [-0.39, 0.29) is 17.5 Å². The quantitative estimate of drug-likeness (QED) is 0.177. The molecule has 2 aromatic heterocycles. The maximum Gasteiger partial charge on any atom is 0.324 e. The molecule has 0 saturated carbocycles. The molecule has 5 rings (SSSR count). The van der Waals surface area contributed by atoms with E-state index in [0.29, 0.717) is 30.5 Å². The average Bonchev–Trinajstić information content (AvgIpc) is 3.35. The molecule has 5 aromatic rings. The topological polar surface area (TPSA) is 106 Å². The van der Waals surface area contributed by atoms with Crippen molar-refractivity contribution in [2.75, 3.05) is 22.6 Å². The van der Waals surface area contributed by atoms with Crippen molar-refractivity contribution in [3.63, 3.8) is 0 Å². The van der Waals surface area contributed by atoms with Crippen LogP contribution < -0.4 is 20.7 Å². The van der Waals surface area contributed by atoms with Crippen molar-refractivity contribution in [3.05, 3.63) is 102 Å². The Morgan fingerprint density at radius 2 is 1.69 bits per heavy atom. The normalized spacial score (nSPS) is 12.1. The number of carbonyl (C=O) groups is 1. The van der Waals surface area contributed by atoms with Crippen LogP contribution in [0.3, 0.4) is 0 Å². The summed E-state index contributed by atoms with van der Waals surface area (Å²) in [6.45, 7) is 8.79. The summed E-state index contributed by atoms with van der Waals surface area (Å²) >= 11 is 0. The lowest BCUT2D eigenvalue weighted by Gasteiger charge is -2.15. The molecule has 9 nitrogen and oxygen atoms in total. The van der Waals surface area contributed by atoms with E-state index in [1.807, 2.05) is 73.8 Å². The van der Waals surface area contributed by atoms with E-state index in [0.717, 1.165) is 27.9 Å². The zero-order valence-electron chi connectivity index (χ0n) is 24.7. The van der Waals surface area contributed by atoms with Gasteiger partial charge >= 0.3 is 6.03 Å². The van der Waals surface area contributed by atoms with Crippen LogP contribution in [0.15, 0.2) is 85.1 Å². The number of nitrogens with zero attached hydrogens (tertiary/aromatic N) is 4. The van der Waals surface area contributed by atoms with Crippen molar-refractivity contribution in [1.82, 2.24) is 19.7 Å². The SMILES string of the molecule is CC(Nc1nccc(CCOc2ccc(NC(=O)Nc3cc(C(C)(C)C)nn3C)c3ccccc23)n1)c1ccccc1. The number of anilines is 3. The molecule has 42 heavy (non-hydrogen) atoms. The fourth-order valence-electron chi connectivity index (χ4n) is 4.62. The van der Waals surface area contributed by atoms with Gasteiger partial charge in [0.15, 0.2) is 0 Å². The zero-order chi connectivity index (χ0) is 29.7. The Morgan fingerprint density at radius 3 is 2.43 bits per heavy atom. The molecular formula is C33H37N7O2. The summed E-state index contributed by atoms with van der Waals surface area (Å²) in [6.07, 6.45) is 2.38. The molecule has 3 aromatic carbocycles. The van der Waals surface area contributed by atoms with E-state index in [2.05, 4.69) is 70.8 Å². The van der Waals surface area contributed by atoms with E-state index in [1.165, 1.54) is 5.56 Å². The van der Waals surface area contributed by atoms with Crippen molar-refractivity contribution >= 4 is 34.3 Å². The first-order valence-electron chi connectivity index (χ1n) is 14.1. The largest absolute Gasteiger partial charge is 0.493 e. The van der Waals surface area contributed by atoms with Gasteiger partial charge in [-0.2, -0.15) is 5.10 Å². The van der Waals surface area contributed by atoms with Gasteiger partial charge in [-0.3, -0.25) is 10.00 Å². The van der Waals surface area contributed by atoms with Gasteiger partial charge in [-0.1, -0.05) is 75.4 Å². The van der Waals surface area contributed by atoms with Crippen molar-refractivity contribution in [3.8, 4) is 5.75 Å². The number of hydrogen-bond donors (Lipinski definition) is 3. The Kier molecular flexibility index (Phi) is 8.38. The van der Waals surface area contributed by atoms with Gasteiger partial charge in [0.25, 0.3) is 0 Å². The number of amides is 2. The second-order valence-electron chi connectivity index (χ2n) is 11.3. The van der Waals surface area contributed by atoms with Crippen LogP contribution in [0.5, 0.6) is 5.75 Å². The highest BCUT2D eigenvalue weighted by Gasteiger charge is 2.20. The number of urea groups is 1. The summed E-state index contributed by atoms with van der Waals surface area (Å²) in [6, 6.07) is 25.3. The lowest BCUT2D eigenvalue weighted by atomic mass is 9.92. The number of carbonyl (C=O) groups excluding carboxylic acids is 1. The number of hydrogen-bond acceptors (Lipinski definition) is 6. The first-order chi connectivity index (χ1) is 20.2. The Hall–Kier alpha value is -4.92. The van der Waals surface area contributed by atoms with E-state index >= 15 is 0 Å². The number of rotatable bonds is 9. The second kappa shape index (κ2) is 12.3. The Balaban J connectivity index is 1.22. The summed E-state index contributed by atoms with van der Waals surface area (Å²) in [7, 11) is 1.82. The van der Waals surface area contributed by atoms with Gasteiger partial charge in [-0.05, 0) is 30.7 Å². The lowest BCUT2D eigenvalue weighted by Crippen LogP contribution is -2.21. The molecule has 0 aliphatic heterocycles. The summed E-state index contributed by atoms with van der Waals surface area (Å²) in [5, 5.41) is 15.6. The van der Waals surface area contributed by atoms with Crippen molar-refractivity contribution in [2.45, 2.75) is 45.6 Å². The molecule has 0 aliphatic carbocycles. The van der Waals surface area contributed by atoms with Crippen LogP contribution >= 0.6 is 0 Å². The molecule has 2 amide bonds. The number of fused-ring (bicyclic) bond motifs is 1. The molecule has 1 unspecified atom stereocenters. The Morgan fingerprint density at radius 1 is 0.952 bits per heavy atom. The molecule has 9 heteroatoms. The fraction of sp³-hybridized carbons (Fsp3) is 0.273. The maximum atomic E-state index is 12.9. The Bertz CT molecular complexity index is 1680. The first-order valence-corrected chi connectivity index (χ1v) is 14.1. The van der Waals surface area contributed by atoms with E-state index < -0.39 is 0 Å². The Labute approximate surface area is 246 Å². The minimum atomic E-state index is -0.341. The third-order valence-electron chi connectivity index (χ3n) is 7.00. The minimum Gasteiger partial charge on any atom is -0.493 e. The number of benzene rings is 3. The smallest absolute Gasteiger partial charge is 0.324 e. The van der Waals surface area contributed by atoms with Gasteiger partial charge in [0.05, 0.1) is 24.0 Å². The monoisotopic (exact) mass is 563 g/mol. The highest BCUT2D eigenvalue weighted by atomic mass is 16.5. The van der Waals surface area contributed by atoms with Crippen LogP contribution in [0.4, 0.5) is 22.2 Å². The van der Waals surface area contributed by atoms with Gasteiger partial charge in [0, 0.05) is 47.6 Å². The predicted octanol–water partition coefficient (Wildman–Crippen LogP) is 7.10. The second-order valence-corrected chi connectivity index (χ2v) is 11.3. The molecule has 216 valence electrons. The predicted molar refractivity (Wildman–Crippen MR) is 168 cm³/mol. The van der Waals surface area contributed by atoms with Gasteiger partial charge in [-0.15, -0.1) is 0 Å². The summed E-state index contributed by atoms with van der Waals surface area (Å²) < 4.78 is 7.88. The van der Waals surface area contributed by atoms with Crippen LogP contribution in [-0.2, 0) is 18.9 Å². The van der Waals surface area contributed by atoms with Crippen LogP contribution in [0, 0.1) is 0 Å². The van der Waals surface area contributed by atoms with Crippen LogP contribution in [-0.4, -0.2) is 32.4 Å². The molecule has 1 atom stereocenters. The summed E-state index contributed by atoms with van der Waals surface area (Å²) in [5.41, 5.74) is 3.53. The summed E-state index contributed by atoms with van der Waals surface area (Å²) in [4.78, 5) is 22.0. The standard InChI is InChI=1S/C33H37N7O2/c1-22(23-11-7-6-8-12-23)35-31-34-19-17-24(36-31)18-20-42-28-16-15-27(25-13-9-10-14-26(25)28)37-32(41)38-30-21-29(33(2,3)4)39-40(30)5/h6-17,19,21-22H,18,20H2,1-5H3,(H,34,35,36)(H2,37,38,41). The number of aryl methyl sites for hydroxylation is 1. The van der Waals surface area contributed by atoms with Crippen LogP contribution in [0.1, 0.15) is 50.7 Å². The molecule has 3 N–H and O–H groups in total. The number of aromatic nitrogens is 4. The molecule has 0 fully saturated rings. The molecule has 0 aliphatic rings. The highest BCUT2D eigenvalue weighted by Crippen LogP contribution is 2.32. The van der Waals surface area contributed by atoms with Gasteiger partial charge in [0.2, 0.25) is 5.95 Å². The van der Waals surface area contributed by atoms with Crippen molar-refractivity contribution < 1.29 is 9.53 Å². The third kappa shape index (κ3) is 6.86. The molecule has 2 heterocycles. The lowest BCUT2D eigenvalue weighted by molar-refractivity contribution is 0.262. The van der Waals surface area contributed by atoms with E-state index in [9.17, 15) is 4.79 Å². The first kappa shape index (κ1) is 28.6. The highest BCUT2D eigenvalue weighted by molar-refractivity contribution is 6.07. The van der Waals surface area contributed by atoms with Gasteiger partial charge in [0.1, 0.15) is 11.6 Å². The fourth-order valence-corrected chi connectivity index (χ4v) is 4.62. The molecular weight excluding hydrogens is 526 g/mol. The minimum absolute atomic E-state index is 0.0864. The zero-order valence-corrected chi connectivity index (χ0v) is 24.7. The number of ether oxygens (including phenoxy) is 1. The van der Waals surface area contributed by atoms with E-state index in [1.54, 1.807) is 10.9 Å². The van der Waals surface area contributed by atoms with Crippen LogP contribution in [0.2, 0.25) is 0 Å². The van der Waals surface area contributed by atoms with Gasteiger partial charge < -0.3 is 15.4 Å². The van der Waals surface area contributed by atoms with Gasteiger partial charge in [-0.25, -0.2) is 14.8 Å². The van der Waals surface area contributed by atoms with Crippen molar-refractivity contribution in [1.29, 1.82) is 0 Å². The molecule has 0 saturated heterocycles. The number of nitrogens with one attached hydrogen (secondary N) is 3. The van der Waals surface area contributed by atoms with E-state index in [4.69, 9.17) is 4.74 Å². The molecule has 0 spiro atoms. The summed E-state index contributed by atoms with van der Waals surface area (Å²) in [5.74, 6) is 1.95. The molecule has 0 radical (unpaired) electrons. The molecule has 0 bridgehead atoms. The third-order valence-corrected chi connectivity index (χ3v) is 7.00. The maximum absolute atomic E-state index is 12.9. The average molecular weight is 564 g/mol.